The average molecular weight is 259 g/mol. The van der Waals surface area contributed by atoms with Crippen molar-refractivity contribution in [2.45, 2.75) is 37.8 Å². The van der Waals surface area contributed by atoms with E-state index >= 15 is 0 Å². The highest BCUT2D eigenvalue weighted by Crippen LogP contribution is 2.61. The summed E-state index contributed by atoms with van der Waals surface area (Å²) in [5.41, 5.74) is 4.81. The van der Waals surface area contributed by atoms with Crippen LogP contribution < -0.4 is 5.48 Å². The Morgan fingerprint density at radius 1 is 1.47 bits per heavy atom. The molecule has 5 nitrogen and oxygen atoms in total. The lowest BCUT2D eigenvalue weighted by Crippen LogP contribution is -2.68. The lowest BCUT2D eigenvalue weighted by Gasteiger charge is -2.67. The topological polar surface area (TPSA) is 65.5 Å². The molecule has 1 aliphatic heterocycles. The molecule has 3 saturated carbocycles. The van der Waals surface area contributed by atoms with Crippen molar-refractivity contribution >= 4 is 5.91 Å². The van der Waals surface area contributed by atoms with Crippen LogP contribution in [-0.4, -0.2) is 33.1 Å². The third kappa shape index (κ3) is 1.55. The SMILES string of the molecule is O=C(NO)c1cnc2c(c1)CCN(C13CC(C1)C3)C2. The Balaban J connectivity index is 1.57. The molecule has 19 heavy (non-hydrogen) atoms. The number of pyridine rings is 1. The van der Waals surface area contributed by atoms with Crippen molar-refractivity contribution in [1.82, 2.24) is 15.4 Å². The lowest BCUT2D eigenvalue weighted by molar-refractivity contribution is -0.150. The first-order valence-corrected chi connectivity index (χ1v) is 6.87. The predicted molar refractivity (Wildman–Crippen MR) is 67.7 cm³/mol. The van der Waals surface area contributed by atoms with Crippen LogP contribution in [0.1, 0.15) is 40.9 Å². The number of amides is 1. The number of hydroxylamine groups is 1. The van der Waals surface area contributed by atoms with Gasteiger partial charge in [0.2, 0.25) is 0 Å². The molecule has 3 fully saturated rings. The summed E-state index contributed by atoms with van der Waals surface area (Å²) in [7, 11) is 0. The second-order valence-electron chi connectivity index (χ2n) is 6.15. The van der Waals surface area contributed by atoms with E-state index in [9.17, 15) is 4.79 Å². The second kappa shape index (κ2) is 3.77. The Bertz CT molecular complexity index is 541. The number of hydrogen-bond acceptors (Lipinski definition) is 4. The van der Waals surface area contributed by atoms with E-state index in [0.29, 0.717) is 11.1 Å². The van der Waals surface area contributed by atoms with Crippen LogP contribution in [0.15, 0.2) is 12.3 Å². The predicted octanol–water partition coefficient (Wildman–Crippen LogP) is 1.11. The van der Waals surface area contributed by atoms with Crippen molar-refractivity contribution in [3.8, 4) is 0 Å². The van der Waals surface area contributed by atoms with Crippen molar-refractivity contribution in [3.63, 3.8) is 0 Å². The maximum absolute atomic E-state index is 11.4. The quantitative estimate of drug-likeness (QED) is 0.617. The molecule has 0 aromatic carbocycles. The van der Waals surface area contributed by atoms with E-state index in [1.807, 2.05) is 6.07 Å². The average Bonchev–Trinajstić information content (AvgIpc) is 2.33. The van der Waals surface area contributed by atoms with Gasteiger partial charge in [0.15, 0.2) is 0 Å². The largest absolute Gasteiger partial charge is 0.291 e. The van der Waals surface area contributed by atoms with E-state index in [0.717, 1.165) is 36.7 Å². The van der Waals surface area contributed by atoms with Crippen LogP contribution in [0.3, 0.4) is 0 Å². The van der Waals surface area contributed by atoms with Crippen molar-refractivity contribution < 1.29 is 10.0 Å². The van der Waals surface area contributed by atoms with Crippen LogP contribution in [0.2, 0.25) is 0 Å². The van der Waals surface area contributed by atoms with E-state index < -0.39 is 5.91 Å². The number of hydrogen-bond donors (Lipinski definition) is 2. The van der Waals surface area contributed by atoms with Gasteiger partial charge in [0.05, 0.1) is 11.3 Å². The van der Waals surface area contributed by atoms with E-state index in [2.05, 4.69) is 9.88 Å². The molecule has 2 N–H and O–H groups in total. The molecule has 2 heterocycles. The van der Waals surface area contributed by atoms with Gasteiger partial charge in [0.25, 0.3) is 5.91 Å². The number of aromatic nitrogens is 1. The van der Waals surface area contributed by atoms with Crippen molar-refractivity contribution in [2.24, 2.45) is 5.92 Å². The zero-order valence-electron chi connectivity index (χ0n) is 10.7. The second-order valence-corrected chi connectivity index (χ2v) is 6.15. The van der Waals surface area contributed by atoms with Crippen LogP contribution in [0.5, 0.6) is 0 Å². The molecule has 1 aromatic heterocycles. The minimum Gasteiger partial charge on any atom is -0.291 e. The molecule has 0 atom stereocenters. The molecule has 0 radical (unpaired) electrons. The molecule has 0 saturated heterocycles. The molecule has 100 valence electrons. The smallest absolute Gasteiger partial charge is 0.276 e. The minimum atomic E-state index is -0.489. The highest BCUT2D eigenvalue weighted by Gasteiger charge is 2.59. The van der Waals surface area contributed by atoms with E-state index in [-0.39, 0.29) is 0 Å². The Morgan fingerprint density at radius 3 is 2.89 bits per heavy atom. The highest BCUT2D eigenvalue weighted by molar-refractivity contribution is 5.93. The maximum Gasteiger partial charge on any atom is 0.276 e. The van der Waals surface area contributed by atoms with Gasteiger partial charge in [0, 0.05) is 24.8 Å². The fourth-order valence-electron chi connectivity index (χ4n) is 3.83. The number of fused-ring (bicyclic) bond motifs is 1. The maximum atomic E-state index is 11.4. The van der Waals surface area contributed by atoms with Gasteiger partial charge in [0.1, 0.15) is 0 Å². The Labute approximate surface area is 111 Å². The summed E-state index contributed by atoms with van der Waals surface area (Å²) in [4.78, 5) is 18.4. The molecule has 5 heteroatoms. The number of carbonyl (C=O) groups is 1. The Hall–Kier alpha value is -1.46. The molecule has 4 aliphatic rings. The Morgan fingerprint density at radius 2 is 2.26 bits per heavy atom. The van der Waals surface area contributed by atoms with Gasteiger partial charge in [-0.25, -0.2) is 5.48 Å². The zero-order valence-corrected chi connectivity index (χ0v) is 10.7. The van der Waals surface area contributed by atoms with Gasteiger partial charge in [-0.1, -0.05) is 0 Å². The summed E-state index contributed by atoms with van der Waals surface area (Å²) >= 11 is 0. The van der Waals surface area contributed by atoms with Crippen LogP contribution in [0, 0.1) is 5.92 Å². The normalized spacial score (nSPS) is 31.9. The van der Waals surface area contributed by atoms with Crippen LogP contribution >= 0.6 is 0 Å². The first-order chi connectivity index (χ1) is 9.20. The van der Waals surface area contributed by atoms with Gasteiger partial charge < -0.3 is 0 Å². The van der Waals surface area contributed by atoms with Crippen LogP contribution in [0.4, 0.5) is 0 Å². The van der Waals surface area contributed by atoms with E-state index in [4.69, 9.17) is 5.21 Å². The fraction of sp³-hybridized carbons (Fsp3) is 0.571. The summed E-state index contributed by atoms with van der Waals surface area (Å²) in [6.45, 7) is 1.97. The van der Waals surface area contributed by atoms with Crippen LogP contribution in [-0.2, 0) is 13.0 Å². The molecule has 5 rings (SSSR count). The van der Waals surface area contributed by atoms with Crippen molar-refractivity contribution in [1.29, 1.82) is 0 Å². The third-order valence-corrected chi connectivity index (χ3v) is 5.09. The molecule has 0 spiro atoms. The van der Waals surface area contributed by atoms with E-state index in [1.54, 1.807) is 11.7 Å². The molecule has 0 unspecified atom stereocenters. The monoisotopic (exact) mass is 259 g/mol. The number of nitrogens with one attached hydrogen (secondary N) is 1. The first kappa shape index (κ1) is 11.4. The number of carbonyl (C=O) groups excluding carboxylic acids is 1. The molecule has 1 amide bonds. The van der Waals surface area contributed by atoms with Gasteiger partial charge in [-0.15, -0.1) is 0 Å². The minimum absolute atomic E-state index is 0.431. The third-order valence-electron chi connectivity index (χ3n) is 5.09. The summed E-state index contributed by atoms with van der Waals surface area (Å²) < 4.78 is 0. The van der Waals surface area contributed by atoms with Gasteiger partial charge >= 0.3 is 0 Å². The number of rotatable bonds is 2. The van der Waals surface area contributed by atoms with E-state index in [1.165, 1.54) is 19.3 Å². The first-order valence-electron chi connectivity index (χ1n) is 6.87. The molecular formula is C14H17N3O2. The van der Waals surface area contributed by atoms with Gasteiger partial charge in [-0.2, -0.15) is 0 Å². The van der Waals surface area contributed by atoms with Gasteiger partial charge in [-0.3, -0.25) is 19.9 Å². The molecule has 2 bridgehead atoms. The highest BCUT2D eigenvalue weighted by atomic mass is 16.5. The summed E-state index contributed by atoms with van der Waals surface area (Å²) in [6, 6.07) is 1.85. The molecular weight excluding hydrogens is 242 g/mol. The fourth-order valence-corrected chi connectivity index (χ4v) is 3.83. The van der Waals surface area contributed by atoms with Gasteiger partial charge in [-0.05, 0) is 43.2 Å². The lowest BCUT2D eigenvalue weighted by atomic mass is 9.49. The van der Waals surface area contributed by atoms with Crippen molar-refractivity contribution in [3.05, 3.63) is 29.1 Å². The summed E-state index contributed by atoms with van der Waals surface area (Å²) in [5.74, 6) is 0.502. The van der Waals surface area contributed by atoms with Crippen LogP contribution in [0.25, 0.3) is 0 Å². The summed E-state index contributed by atoms with van der Waals surface area (Å²) in [6.07, 6.45) is 6.60. The van der Waals surface area contributed by atoms with Crippen molar-refractivity contribution in [2.75, 3.05) is 6.54 Å². The number of nitrogens with zero attached hydrogens (tertiary/aromatic N) is 2. The standard InChI is InChI=1S/C14H17N3O2/c18-13(16-19)11-3-10-1-2-17(8-12(10)15-7-11)14-4-9(5-14)6-14/h3,7,9,19H,1-2,4-6,8H2,(H,16,18). The zero-order chi connectivity index (χ0) is 13.0. The molecule has 1 aromatic rings. The summed E-state index contributed by atoms with van der Waals surface area (Å²) in [5, 5.41) is 8.65. The molecule has 3 aliphatic carbocycles. The Kier molecular flexibility index (Phi) is 2.26.